The van der Waals surface area contributed by atoms with Crippen molar-refractivity contribution in [2.45, 2.75) is 185 Å². The topological polar surface area (TPSA) is 135 Å². The zero-order valence-electron chi connectivity index (χ0n) is 33.2. The first-order valence-corrected chi connectivity index (χ1v) is 20.9. The van der Waals surface area contributed by atoms with E-state index in [1.165, 1.54) is 51.4 Å². The lowest BCUT2D eigenvalue weighted by atomic mass is 9.99. The van der Waals surface area contributed by atoms with E-state index in [9.17, 15) is 25.2 Å². The number of rotatable bonds is 34. The Hall–Kier alpha value is -2.11. The van der Waals surface area contributed by atoms with Gasteiger partial charge in [0.15, 0.2) is 6.29 Å². The molecule has 1 saturated heterocycles. The lowest BCUT2D eigenvalue weighted by Gasteiger charge is -2.39. The molecule has 0 aromatic rings. The minimum atomic E-state index is -1.54. The lowest BCUT2D eigenvalue weighted by molar-refractivity contribution is -0.305. The summed E-state index contributed by atoms with van der Waals surface area (Å²) < 4.78 is 22.7. The highest BCUT2D eigenvalue weighted by molar-refractivity contribution is 5.69. The monoisotopic (exact) mass is 749 g/mol. The van der Waals surface area contributed by atoms with Gasteiger partial charge in [0.05, 0.1) is 19.8 Å². The normalized spacial score (nSPS) is 21.7. The molecule has 1 aliphatic rings. The maximum atomic E-state index is 12.6. The molecule has 0 bridgehead atoms. The molecule has 306 valence electrons. The third kappa shape index (κ3) is 27.2. The van der Waals surface area contributed by atoms with E-state index in [1.54, 1.807) is 0 Å². The summed E-state index contributed by atoms with van der Waals surface area (Å²) in [6, 6.07) is 0. The third-order valence-electron chi connectivity index (χ3n) is 9.20. The number of hydrogen-bond donors (Lipinski definition) is 4. The highest BCUT2D eigenvalue weighted by atomic mass is 16.7. The van der Waals surface area contributed by atoms with Crippen molar-refractivity contribution < 1.29 is 44.2 Å². The maximum Gasteiger partial charge on any atom is 0.306 e. The van der Waals surface area contributed by atoms with Crippen LogP contribution in [0.1, 0.15) is 149 Å². The smallest absolute Gasteiger partial charge is 0.306 e. The minimum absolute atomic E-state index is 0.121. The van der Waals surface area contributed by atoms with Crippen LogP contribution in [0.4, 0.5) is 0 Å². The molecular formula is C44H76O9. The molecule has 9 nitrogen and oxygen atoms in total. The molecule has 4 N–H and O–H groups in total. The summed E-state index contributed by atoms with van der Waals surface area (Å²) in [6.07, 6.45) is 36.9. The molecule has 1 aliphatic heterocycles. The zero-order valence-corrected chi connectivity index (χ0v) is 33.2. The number of aliphatic hydroxyl groups is 4. The second-order valence-corrected chi connectivity index (χ2v) is 14.1. The number of ether oxygens (including phenoxy) is 4. The Morgan fingerprint density at radius 2 is 1.15 bits per heavy atom. The zero-order chi connectivity index (χ0) is 38.6. The van der Waals surface area contributed by atoms with E-state index in [-0.39, 0.29) is 19.2 Å². The van der Waals surface area contributed by atoms with Gasteiger partial charge < -0.3 is 39.4 Å². The van der Waals surface area contributed by atoms with Gasteiger partial charge in [-0.3, -0.25) is 4.79 Å². The van der Waals surface area contributed by atoms with Crippen molar-refractivity contribution in [1.82, 2.24) is 0 Å². The van der Waals surface area contributed by atoms with Gasteiger partial charge in [-0.1, -0.05) is 145 Å². The Labute approximate surface area is 322 Å². The lowest BCUT2D eigenvalue weighted by Crippen LogP contribution is -2.59. The molecule has 0 aromatic carbocycles. The molecular weight excluding hydrogens is 672 g/mol. The van der Waals surface area contributed by atoms with Crippen molar-refractivity contribution in [2.24, 2.45) is 0 Å². The Kier molecular flexibility index (Phi) is 32.8. The number of allylic oxidation sites excluding steroid dienone is 10. The number of esters is 1. The summed E-state index contributed by atoms with van der Waals surface area (Å²) >= 11 is 0. The van der Waals surface area contributed by atoms with Gasteiger partial charge in [0, 0.05) is 13.0 Å². The van der Waals surface area contributed by atoms with Crippen LogP contribution in [-0.2, 0) is 23.7 Å². The summed E-state index contributed by atoms with van der Waals surface area (Å²) in [7, 11) is 0. The SMILES string of the molecule is CC/C=C\C/C=C\C/C=C\C/C=C\C/C=C\CCCCCCCCOCC(COC1OC(CO)C(O)C(O)C1O)OC(=O)CCCCCCCCCC. The second-order valence-electron chi connectivity index (χ2n) is 14.1. The van der Waals surface area contributed by atoms with Crippen molar-refractivity contribution >= 4 is 5.97 Å². The fourth-order valence-corrected chi connectivity index (χ4v) is 5.93. The predicted octanol–water partition coefficient (Wildman–Crippen LogP) is 8.74. The van der Waals surface area contributed by atoms with Crippen LogP contribution in [0.5, 0.6) is 0 Å². The summed E-state index contributed by atoms with van der Waals surface area (Å²) in [5, 5.41) is 39.9. The van der Waals surface area contributed by atoms with Crippen molar-refractivity contribution in [2.75, 3.05) is 26.4 Å². The van der Waals surface area contributed by atoms with Gasteiger partial charge in [-0.2, -0.15) is 0 Å². The summed E-state index contributed by atoms with van der Waals surface area (Å²) in [4.78, 5) is 12.6. The van der Waals surface area contributed by atoms with Crippen molar-refractivity contribution in [3.05, 3.63) is 60.8 Å². The van der Waals surface area contributed by atoms with Crippen molar-refractivity contribution in [3.63, 3.8) is 0 Å². The van der Waals surface area contributed by atoms with Crippen LogP contribution in [0.3, 0.4) is 0 Å². The molecule has 0 aromatic heterocycles. The number of unbranched alkanes of at least 4 members (excludes halogenated alkanes) is 13. The number of hydrogen-bond acceptors (Lipinski definition) is 9. The molecule has 6 unspecified atom stereocenters. The Morgan fingerprint density at radius 1 is 0.623 bits per heavy atom. The summed E-state index contributed by atoms with van der Waals surface area (Å²) in [5.41, 5.74) is 0. The second kappa shape index (κ2) is 35.6. The van der Waals surface area contributed by atoms with Gasteiger partial charge in [-0.05, 0) is 57.8 Å². The third-order valence-corrected chi connectivity index (χ3v) is 9.20. The molecule has 1 rings (SSSR count). The molecule has 9 heteroatoms. The van der Waals surface area contributed by atoms with Gasteiger partial charge in [0.2, 0.25) is 0 Å². The molecule has 0 radical (unpaired) electrons. The van der Waals surface area contributed by atoms with E-state index in [1.807, 2.05) is 0 Å². The first-order valence-electron chi connectivity index (χ1n) is 20.9. The first-order chi connectivity index (χ1) is 25.9. The van der Waals surface area contributed by atoms with Crippen molar-refractivity contribution in [1.29, 1.82) is 0 Å². The van der Waals surface area contributed by atoms with E-state index < -0.39 is 43.4 Å². The highest BCUT2D eigenvalue weighted by Crippen LogP contribution is 2.22. The molecule has 0 saturated carbocycles. The molecule has 1 heterocycles. The van der Waals surface area contributed by atoms with Crippen LogP contribution in [0, 0.1) is 0 Å². The van der Waals surface area contributed by atoms with Crippen LogP contribution >= 0.6 is 0 Å². The van der Waals surface area contributed by atoms with Crippen LogP contribution in [-0.4, -0.2) is 89.6 Å². The Bertz CT molecular complexity index is 989. The van der Waals surface area contributed by atoms with Gasteiger partial charge in [0.1, 0.15) is 30.5 Å². The predicted molar refractivity (Wildman–Crippen MR) is 214 cm³/mol. The molecule has 6 atom stereocenters. The fraction of sp³-hybridized carbons (Fsp3) is 0.750. The molecule has 0 aliphatic carbocycles. The van der Waals surface area contributed by atoms with E-state index in [0.717, 1.165) is 77.0 Å². The highest BCUT2D eigenvalue weighted by Gasteiger charge is 2.44. The van der Waals surface area contributed by atoms with E-state index >= 15 is 0 Å². The largest absolute Gasteiger partial charge is 0.457 e. The molecule has 1 fully saturated rings. The van der Waals surface area contributed by atoms with Gasteiger partial charge in [0.25, 0.3) is 0 Å². The maximum absolute atomic E-state index is 12.6. The van der Waals surface area contributed by atoms with Gasteiger partial charge in [-0.15, -0.1) is 0 Å². The van der Waals surface area contributed by atoms with Crippen LogP contribution in [0.25, 0.3) is 0 Å². The summed E-state index contributed by atoms with van der Waals surface area (Å²) in [6.45, 7) is 4.36. The number of aliphatic hydroxyl groups excluding tert-OH is 4. The molecule has 0 spiro atoms. The number of carbonyl (C=O) groups is 1. The van der Waals surface area contributed by atoms with Gasteiger partial charge in [-0.25, -0.2) is 0 Å². The van der Waals surface area contributed by atoms with Crippen molar-refractivity contribution in [3.8, 4) is 0 Å². The standard InChI is InChI=1S/C44H76O9/c1-3-5-7-9-11-13-14-15-16-17-18-19-20-21-22-23-24-25-26-28-30-32-34-50-36-38(52-40(46)33-31-29-27-12-10-8-6-4-2)37-51-44-43(49)42(48)41(47)39(35-45)53-44/h5,7,11,13,15-16,18-19,21-22,38-39,41-45,47-49H,3-4,6,8-10,12,14,17,20,23-37H2,1-2H3/b7-5-,13-11-,16-15-,19-18-,22-21-. The summed E-state index contributed by atoms with van der Waals surface area (Å²) in [5.74, 6) is -0.327. The average molecular weight is 749 g/mol. The average Bonchev–Trinajstić information content (AvgIpc) is 3.16. The van der Waals surface area contributed by atoms with Crippen LogP contribution in [0.2, 0.25) is 0 Å². The van der Waals surface area contributed by atoms with E-state index in [4.69, 9.17) is 18.9 Å². The van der Waals surface area contributed by atoms with E-state index in [0.29, 0.717) is 13.0 Å². The van der Waals surface area contributed by atoms with Crippen LogP contribution < -0.4 is 0 Å². The van der Waals surface area contributed by atoms with E-state index in [2.05, 4.69) is 74.6 Å². The molecule has 53 heavy (non-hydrogen) atoms. The fourth-order valence-electron chi connectivity index (χ4n) is 5.93. The van der Waals surface area contributed by atoms with Gasteiger partial charge >= 0.3 is 5.97 Å². The quantitative estimate of drug-likeness (QED) is 0.0290. The van der Waals surface area contributed by atoms with Crippen LogP contribution in [0.15, 0.2) is 60.8 Å². The molecule has 0 amide bonds. The minimum Gasteiger partial charge on any atom is -0.457 e. The Balaban J connectivity index is 2.24. The number of carbonyl (C=O) groups excluding carboxylic acids is 1. The first kappa shape index (κ1) is 48.9. The Morgan fingerprint density at radius 3 is 1.74 bits per heavy atom.